The summed E-state index contributed by atoms with van der Waals surface area (Å²) in [6.07, 6.45) is 1.59. The van der Waals surface area contributed by atoms with E-state index in [4.69, 9.17) is 5.73 Å². The first-order chi connectivity index (χ1) is 7.13. The van der Waals surface area contributed by atoms with E-state index in [-0.39, 0.29) is 5.91 Å². The molecule has 1 aromatic heterocycles. The number of aromatic nitrogens is 1. The number of hydrogen-bond acceptors (Lipinski definition) is 3. The lowest BCUT2D eigenvalue weighted by Crippen LogP contribution is -2.35. The van der Waals surface area contributed by atoms with Crippen LogP contribution in [0.2, 0.25) is 0 Å². The zero-order chi connectivity index (χ0) is 11.3. The van der Waals surface area contributed by atoms with E-state index >= 15 is 0 Å². The molecular weight excluding hydrogens is 190 g/mol. The molecule has 1 amide bonds. The highest BCUT2D eigenvalue weighted by Gasteiger charge is 2.12. The van der Waals surface area contributed by atoms with Gasteiger partial charge in [-0.25, -0.2) is 4.98 Å². The Morgan fingerprint density at radius 3 is 2.93 bits per heavy atom. The summed E-state index contributed by atoms with van der Waals surface area (Å²) in [5.74, 6) is 0.390. The van der Waals surface area contributed by atoms with Crippen LogP contribution in [0.3, 0.4) is 0 Å². The number of rotatable bonds is 4. The number of anilines is 1. The maximum atomic E-state index is 11.5. The number of nitrogens with zero attached hydrogens (tertiary/aromatic N) is 1. The quantitative estimate of drug-likeness (QED) is 0.785. The van der Waals surface area contributed by atoms with Gasteiger partial charge in [-0.2, -0.15) is 0 Å². The summed E-state index contributed by atoms with van der Waals surface area (Å²) in [5.41, 5.74) is 6.55. The zero-order valence-electron chi connectivity index (χ0n) is 9.16. The molecule has 0 aliphatic heterocycles. The molecule has 82 valence electrons. The van der Waals surface area contributed by atoms with E-state index in [1.165, 1.54) is 0 Å². The topological polar surface area (TPSA) is 68.0 Å². The van der Waals surface area contributed by atoms with Gasteiger partial charge in [0.05, 0.1) is 6.04 Å². The maximum Gasteiger partial charge on any atom is 0.242 e. The Labute approximate surface area is 89.9 Å². The standard InChI is InChI=1S/C11H17N3O/c1-3-5-9(12)11(15)14-10-7-4-6-8(2)13-10/h4,6-7,9H,3,5,12H2,1-2H3,(H,13,14,15). The van der Waals surface area contributed by atoms with Gasteiger partial charge >= 0.3 is 0 Å². The molecule has 0 aliphatic rings. The second kappa shape index (κ2) is 5.46. The first kappa shape index (κ1) is 11.7. The molecule has 0 radical (unpaired) electrons. The summed E-state index contributed by atoms with van der Waals surface area (Å²) in [6.45, 7) is 3.87. The molecule has 0 aromatic carbocycles. The molecule has 1 aromatic rings. The maximum absolute atomic E-state index is 11.5. The van der Waals surface area contributed by atoms with Crippen LogP contribution in [0.25, 0.3) is 0 Å². The van der Waals surface area contributed by atoms with Crippen LogP contribution in [0.4, 0.5) is 5.82 Å². The van der Waals surface area contributed by atoms with Crippen LogP contribution in [0.15, 0.2) is 18.2 Å². The number of nitrogens with one attached hydrogen (secondary N) is 1. The summed E-state index contributed by atoms with van der Waals surface area (Å²) in [5, 5.41) is 2.69. The third-order valence-electron chi connectivity index (χ3n) is 2.08. The normalized spacial score (nSPS) is 12.2. The summed E-state index contributed by atoms with van der Waals surface area (Å²) in [7, 11) is 0. The van der Waals surface area contributed by atoms with Crippen molar-refractivity contribution in [3.05, 3.63) is 23.9 Å². The highest BCUT2D eigenvalue weighted by molar-refractivity contribution is 5.93. The average molecular weight is 207 g/mol. The van der Waals surface area contributed by atoms with E-state index in [0.717, 1.165) is 12.1 Å². The second-order valence-electron chi connectivity index (χ2n) is 3.55. The number of carbonyl (C=O) groups is 1. The van der Waals surface area contributed by atoms with Crippen molar-refractivity contribution in [2.24, 2.45) is 5.73 Å². The minimum Gasteiger partial charge on any atom is -0.320 e. The highest BCUT2D eigenvalue weighted by Crippen LogP contribution is 2.05. The highest BCUT2D eigenvalue weighted by atomic mass is 16.2. The van der Waals surface area contributed by atoms with E-state index < -0.39 is 6.04 Å². The van der Waals surface area contributed by atoms with Crippen molar-refractivity contribution in [1.29, 1.82) is 0 Å². The number of nitrogens with two attached hydrogens (primary N) is 1. The number of carbonyl (C=O) groups excluding carboxylic acids is 1. The number of aryl methyl sites for hydroxylation is 1. The molecule has 3 N–H and O–H groups in total. The van der Waals surface area contributed by atoms with Crippen LogP contribution in [-0.4, -0.2) is 16.9 Å². The Balaban J connectivity index is 2.58. The van der Waals surface area contributed by atoms with Gasteiger partial charge in [-0.15, -0.1) is 0 Å². The van der Waals surface area contributed by atoms with Gasteiger partial charge in [0.25, 0.3) is 0 Å². The fraction of sp³-hybridized carbons (Fsp3) is 0.455. The van der Waals surface area contributed by atoms with Gasteiger partial charge in [0.15, 0.2) is 0 Å². The van der Waals surface area contributed by atoms with Crippen LogP contribution in [-0.2, 0) is 4.79 Å². The van der Waals surface area contributed by atoms with Crippen LogP contribution in [0, 0.1) is 6.92 Å². The lowest BCUT2D eigenvalue weighted by atomic mass is 10.2. The Hall–Kier alpha value is -1.42. The minimum atomic E-state index is -0.447. The van der Waals surface area contributed by atoms with Gasteiger partial charge in [-0.3, -0.25) is 4.79 Å². The van der Waals surface area contributed by atoms with E-state index in [0.29, 0.717) is 12.2 Å². The van der Waals surface area contributed by atoms with Gasteiger partial charge in [0, 0.05) is 5.69 Å². The largest absolute Gasteiger partial charge is 0.320 e. The Morgan fingerprint density at radius 2 is 2.33 bits per heavy atom. The Bertz CT molecular complexity index is 338. The number of amides is 1. The van der Waals surface area contributed by atoms with Gasteiger partial charge in [-0.05, 0) is 25.5 Å². The molecule has 0 saturated heterocycles. The van der Waals surface area contributed by atoms with Gasteiger partial charge in [0.1, 0.15) is 5.82 Å². The van der Waals surface area contributed by atoms with E-state index in [9.17, 15) is 4.79 Å². The van der Waals surface area contributed by atoms with Crippen molar-refractivity contribution in [2.45, 2.75) is 32.7 Å². The smallest absolute Gasteiger partial charge is 0.242 e. The predicted molar refractivity (Wildman–Crippen MR) is 60.5 cm³/mol. The van der Waals surface area contributed by atoms with Crippen molar-refractivity contribution in [2.75, 3.05) is 5.32 Å². The lowest BCUT2D eigenvalue weighted by molar-refractivity contribution is -0.117. The predicted octanol–water partition coefficient (Wildman–Crippen LogP) is 1.46. The van der Waals surface area contributed by atoms with Crippen molar-refractivity contribution in [3.63, 3.8) is 0 Å². The third kappa shape index (κ3) is 3.67. The van der Waals surface area contributed by atoms with E-state index in [1.54, 1.807) is 6.07 Å². The van der Waals surface area contributed by atoms with Crippen molar-refractivity contribution in [1.82, 2.24) is 4.98 Å². The van der Waals surface area contributed by atoms with Crippen LogP contribution in [0.1, 0.15) is 25.5 Å². The summed E-state index contributed by atoms with van der Waals surface area (Å²) < 4.78 is 0. The Kier molecular flexibility index (Phi) is 4.24. The average Bonchev–Trinajstić information content (AvgIpc) is 2.18. The van der Waals surface area contributed by atoms with Crippen molar-refractivity contribution in [3.8, 4) is 0 Å². The fourth-order valence-electron chi connectivity index (χ4n) is 1.27. The first-order valence-corrected chi connectivity index (χ1v) is 5.13. The zero-order valence-corrected chi connectivity index (χ0v) is 9.16. The molecule has 0 saturated carbocycles. The third-order valence-corrected chi connectivity index (χ3v) is 2.08. The molecule has 0 aliphatic carbocycles. The molecule has 0 spiro atoms. The molecule has 1 atom stereocenters. The summed E-state index contributed by atoms with van der Waals surface area (Å²) >= 11 is 0. The molecular formula is C11H17N3O. The molecule has 0 bridgehead atoms. The Morgan fingerprint density at radius 1 is 1.60 bits per heavy atom. The second-order valence-corrected chi connectivity index (χ2v) is 3.55. The van der Waals surface area contributed by atoms with Gasteiger partial charge in [-0.1, -0.05) is 19.4 Å². The van der Waals surface area contributed by atoms with Gasteiger partial charge < -0.3 is 11.1 Å². The van der Waals surface area contributed by atoms with Crippen LogP contribution >= 0.6 is 0 Å². The molecule has 1 unspecified atom stereocenters. The monoisotopic (exact) mass is 207 g/mol. The molecule has 15 heavy (non-hydrogen) atoms. The van der Waals surface area contributed by atoms with Crippen LogP contribution < -0.4 is 11.1 Å². The van der Waals surface area contributed by atoms with E-state index in [2.05, 4.69) is 10.3 Å². The van der Waals surface area contributed by atoms with Gasteiger partial charge in [0.2, 0.25) is 5.91 Å². The molecule has 1 rings (SSSR count). The summed E-state index contributed by atoms with van der Waals surface area (Å²) in [4.78, 5) is 15.7. The molecule has 4 heteroatoms. The number of hydrogen-bond donors (Lipinski definition) is 2. The van der Waals surface area contributed by atoms with Crippen LogP contribution in [0.5, 0.6) is 0 Å². The molecule has 0 fully saturated rings. The SMILES string of the molecule is CCCC(N)C(=O)Nc1cccc(C)n1. The lowest BCUT2D eigenvalue weighted by Gasteiger charge is -2.10. The number of pyridine rings is 1. The van der Waals surface area contributed by atoms with Crippen molar-refractivity contribution >= 4 is 11.7 Å². The minimum absolute atomic E-state index is 0.171. The molecule has 4 nitrogen and oxygen atoms in total. The van der Waals surface area contributed by atoms with Crippen molar-refractivity contribution < 1.29 is 4.79 Å². The first-order valence-electron chi connectivity index (χ1n) is 5.13. The van der Waals surface area contributed by atoms with E-state index in [1.807, 2.05) is 26.0 Å². The fourth-order valence-corrected chi connectivity index (χ4v) is 1.27. The molecule has 1 heterocycles. The summed E-state index contributed by atoms with van der Waals surface area (Å²) in [6, 6.07) is 5.03.